The van der Waals surface area contributed by atoms with E-state index in [1.165, 1.54) is 18.2 Å². The number of halogens is 1. The molecule has 2 aromatic carbocycles. The maximum atomic E-state index is 13.1. The quantitative estimate of drug-likeness (QED) is 0.880. The Balaban J connectivity index is 2.17. The first kappa shape index (κ1) is 14.2. The first-order valence-corrected chi connectivity index (χ1v) is 6.34. The number of nitrogens with one attached hydrogen (secondary N) is 1. The zero-order chi connectivity index (χ0) is 14.5. The van der Waals surface area contributed by atoms with E-state index in [4.69, 9.17) is 0 Å². The van der Waals surface area contributed by atoms with E-state index in [0.29, 0.717) is 17.7 Å². The summed E-state index contributed by atoms with van der Waals surface area (Å²) in [7, 11) is 0. The molecule has 4 heteroatoms. The summed E-state index contributed by atoms with van der Waals surface area (Å²) in [6, 6.07) is 12.8. The molecule has 0 spiro atoms. The molecule has 0 bridgehead atoms. The average molecular weight is 273 g/mol. The molecule has 2 aromatic rings. The fourth-order valence-corrected chi connectivity index (χ4v) is 2.11. The van der Waals surface area contributed by atoms with Crippen molar-refractivity contribution in [2.45, 2.75) is 19.5 Å². The third-order valence-corrected chi connectivity index (χ3v) is 3.14. The summed E-state index contributed by atoms with van der Waals surface area (Å²) < 4.78 is 13.1. The summed E-state index contributed by atoms with van der Waals surface area (Å²) in [6.07, 6.45) is 0. The van der Waals surface area contributed by atoms with Crippen molar-refractivity contribution in [1.29, 1.82) is 0 Å². The summed E-state index contributed by atoms with van der Waals surface area (Å²) in [5, 5.41) is 12.3. The Labute approximate surface area is 117 Å². The lowest BCUT2D eigenvalue weighted by molar-refractivity contribution is -0.139. The van der Waals surface area contributed by atoms with E-state index >= 15 is 0 Å². The minimum absolute atomic E-state index is 0.363. The SMILES string of the molecule is Cc1cc(F)ccc1C(NCc1ccccc1)C(=O)O. The normalized spacial score (nSPS) is 12.1. The number of aliphatic carboxylic acids is 1. The number of carbonyl (C=O) groups is 1. The third kappa shape index (κ3) is 3.42. The first-order chi connectivity index (χ1) is 9.58. The van der Waals surface area contributed by atoms with Gasteiger partial charge < -0.3 is 5.11 Å². The highest BCUT2D eigenvalue weighted by molar-refractivity contribution is 5.76. The van der Waals surface area contributed by atoms with Gasteiger partial charge in [0.25, 0.3) is 0 Å². The molecule has 3 nitrogen and oxygen atoms in total. The fourth-order valence-electron chi connectivity index (χ4n) is 2.11. The number of aryl methyl sites for hydroxylation is 1. The molecule has 104 valence electrons. The largest absolute Gasteiger partial charge is 0.480 e. The van der Waals surface area contributed by atoms with Crippen molar-refractivity contribution < 1.29 is 14.3 Å². The topological polar surface area (TPSA) is 49.3 Å². The minimum Gasteiger partial charge on any atom is -0.480 e. The predicted molar refractivity (Wildman–Crippen MR) is 74.8 cm³/mol. The van der Waals surface area contributed by atoms with Gasteiger partial charge in [-0.05, 0) is 35.7 Å². The number of carboxylic acids is 1. The van der Waals surface area contributed by atoms with Crippen LogP contribution in [0.15, 0.2) is 48.5 Å². The number of carboxylic acid groups (broad SMARTS) is 1. The van der Waals surface area contributed by atoms with Crippen molar-refractivity contribution in [2.24, 2.45) is 0 Å². The summed E-state index contributed by atoms with van der Waals surface area (Å²) in [5.41, 5.74) is 2.20. The van der Waals surface area contributed by atoms with Crippen LogP contribution in [0.3, 0.4) is 0 Å². The Morgan fingerprint density at radius 1 is 1.25 bits per heavy atom. The maximum absolute atomic E-state index is 13.1. The summed E-state index contributed by atoms with van der Waals surface area (Å²) >= 11 is 0. The molecular formula is C16H16FNO2. The smallest absolute Gasteiger partial charge is 0.325 e. The van der Waals surface area contributed by atoms with Crippen LogP contribution in [-0.4, -0.2) is 11.1 Å². The highest BCUT2D eigenvalue weighted by Crippen LogP contribution is 2.19. The Kier molecular flexibility index (Phi) is 4.48. The second kappa shape index (κ2) is 6.30. The Morgan fingerprint density at radius 3 is 2.55 bits per heavy atom. The molecule has 0 saturated carbocycles. The molecule has 0 aliphatic rings. The molecule has 20 heavy (non-hydrogen) atoms. The molecule has 0 amide bonds. The van der Waals surface area contributed by atoms with E-state index in [1.54, 1.807) is 6.92 Å². The van der Waals surface area contributed by atoms with Crippen molar-refractivity contribution in [1.82, 2.24) is 5.32 Å². The molecule has 0 aliphatic heterocycles. The van der Waals surface area contributed by atoms with E-state index < -0.39 is 12.0 Å². The molecule has 2 N–H and O–H groups in total. The summed E-state index contributed by atoms with van der Waals surface area (Å²) in [5.74, 6) is -1.34. The molecule has 0 heterocycles. The highest BCUT2D eigenvalue weighted by atomic mass is 19.1. The van der Waals surface area contributed by atoms with Gasteiger partial charge in [-0.3, -0.25) is 10.1 Å². The van der Waals surface area contributed by atoms with Crippen molar-refractivity contribution in [3.8, 4) is 0 Å². The minimum atomic E-state index is -0.976. The number of rotatable bonds is 5. The van der Waals surface area contributed by atoms with E-state index in [2.05, 4.69) is 5.32 Å². The van der Waals surface area contributed by atoms with Crippen LogP contribution >= 0.6 is 0 Å². The predicted octanol–water partition coefficient (Wildman–Crippen LogP) is 3.05. The third-order valence-electron chi connectivity index (χ3n) is 3.14. The first-order valence-electron chi connectivity index (χ1n) is 6.34. The second-order valence-electron chi connectivity index (χ2n) is 4.64. The van der Waals surface area contributed by atoms with Crippen LogP contribution in [0, 0.1) is 12.7 Å². The molecule has 1 atom stereocenters. The van der Waals surface area contributed by atoms with Gasteiger partial charge in [0, 0.05) is 6.54 Å². The number of hydrogen-bond donors (Lipinski definition) is 2. The van der Waals surface area contributed by atoms with Crippen LogP contribution in [0.25, 0.3) is 0 Å². The number of benzene rings is 2. The lowest BCUT2D eigenvalue weighted by Crippen LogP contribution is -2.28. The summed E-state index contributed by atoms with van der Waals surface area (Å²) in [4.78, 5) is 11.4. The standard InChI is InChI=1S/C16H16FNO2/c1-11-9-13(17)7-8-14(11)15(16(19)20)18-10-12-5-3-2-4-6-12/h2-9,15,18H,10H2,1H3,(H,19,20). The lowest BCUT2D eigenvalue weighted by atomic mass is 10.0. The van der Waals surface area contributed by atoms with Gasteiger partial charge >= 0.3 is 5.97 Å². The molecule has 0 saturated heterocycles. The monoisotopic (exact) mass is 273 g/mol. The van der Waals surface area contributed by atoms with Crippen molar-refractivity contribution in [3.63, 3.8) is 0 Å². The van der Waals surface area contributed by atoms with E-state index in [1.807, 2.05) is 30.3 Å². The van der Waals surface area contributed by atoms with E-state index in [-0.39, 0.29) is 5.82 Å². The van der Waals surface area contributed by atoms with Gasteiger partial charge in [0.15, 0.2) is 0 Å². The van der Waals surface area contributed by atoms with Gasteiger partial charge in [-0.15, -0.1) is 0 Å². The summed E-state index contributed by atoms with van der Waals surface area (Å²) in [6.45, 7) is 2.15. The van der Waals surface area contributed by atoms with Crippen LogP contribution in [-0.2, 0) is 11.3 Å². The molecule has 0 aliphatic carbocycles. The van der Waals surface area contributed by atoms with E-state index in [9.17, 15) is 14.3 Å². The van der Waals surface area contributed by atoms with Crippen molar-refractivity contribution in [3.05, 3.63) is 71.0 Å². The highest BCUT2D eigenvalue weighted by Gasteiger charge is 2.21. The molecule has 0 radical (unpaired) electrons. The molecular weight excluding hydrogens is 257 g/mol. The van der Waals surface area contributed by atoms with Crippen LogP contribution in [0.4, 0.5) is 4.39 Å². The molecule has 0 aromatic heterocycles. The van der Waals surface area contributed by atoms with Crippen LogP contribution in [0.2, 0.25) is 0 Å². The Bertz CT molecular complexity index is 599. The van der Waals surface area contributed by atoms with Crippen LogP contribution in [0.1, 0.15) is 22.7 Å². The Morgan fingerprint density at radius 2 is 1.95 bits per heavy atom. The lowest BCUT2D eigenvalue weighted by Gasteiger charge is -2.17. The van der Waals surface area contributed by atoms with Gasteiger partial charge in [-0.2, -0.15) is 0 Å². The fraction of sp³-hybridized carbons (Fsp3) is 0.188. The average Bonchev–Trinajstić information content (AvgIpc) is 2.42. The number of hydrogen-bond acceptors (Lipinski definition) is 2. The van der Waals surface area contributed by atoms with Crippen molar-refractivity contribution in [2.75, 3.05) is 0 Å². The van der Waals surface area contributed by atoms with Gasteiger partial charge in [0.2, 0.25) is 0 Å². The van der Waals surface area contributed by atoms with Gasteiger partial charge in [0.1, 0.15) is 11.9 Å². The van der Waals surface area contributed by atoms with Gasteiger partial charge in [0.05, 0.1) is 0 Å². The van der Waals surface area contributed by atoms with Gasteiger partial charge in [-0.1, -0.05) is 36.4 Å². The second-order valence-corrected chi connectivity index (χ2v) is 4.64. The zero-order valence-electron chi connectivity index (χ0n) is 11.1. The van der Waals surface area contributed by atoms with Crippen molar-refractivity contribution >= 4 is 5.97 Å². The zero-order valence-corrected chi connectivity index (χ0v) is 11.1. The molecule has 2 rings (SSSR count). The van der Waals surface area contributed by atoms with Gasteiger partial charge in [-0.25, -0.2) is 4.39 Å². The molecule has 0 fully saturated rings. The van der Waals surface area contributed by atoms with E-state index in [0.717, 1.165) is 5.56 Å². The molecule has 1 unspecified atom stereocenters. The van der Waals surface area contributed by atoms with Crippen LogP contribution < -0.4 is 5.32 Å². The van der Waals surface area contributed by atoms with Crippen LogP contribution in [0.5, 0.6) is 0 Å². The maximum Gasteiger partial charge on any atom is 0.325 e. The Hall–Kier alpha value is -2.20.